The van der Waals surface area contributed by atoms with Crippen LogP contribution in [0.25, 0.3) is 0 Å². The molecule has 0 heterocycles. The summed E-state index contributed by atoms with van der Waals surface area (Å²) in [5.74, 6) is -0.250. The van der Waals surface area contributed by atoms with E-state index in [2.05, 4.69) is 5.32 Å². The molecule has 0 fully saturated rings. The van der Waals surface area contributed by atoms with Gasteiger partial charge in [-0.15, -0.1) is 0 Å². The Morgan fingerprint density at radius 1 is 1.22 bits per heavy atom. The summed E-state index contributed by atoms with van der Waals surface area (Å²) in [6.07, 6.45) is -4.52. The smallest absolute Gasteiger partial charge is 0.416 e. The Labute approximate surface area is 136 Å². The SMILES string of the molecule is COc1c(C)cccc1C(=O)Nc1cc(C(F)(F)F)ccc1Cl. The number of methoxy groups -OCH3 is 1. The molecule has 3 nitrogen and oxygen atoms in total. The van der Waals surface area contributed by atoms with Gasteiger partial charge in [0.25, 0.3) is 5.91 Å². The van der Waals surface area contributed by atoms with Crippen LogP contribution in [-0.2, 0) is 6.18 Å². The Morgan fingerprint density at radius 3 is 2.52 bits per heavy atom. The molecule has 1 N–H and O–H groups in total. The quantitative estimate of drug-likeness (QED) is 0.858. The van der Waals surface area contributed by atoms with Crippen LogP contribution < -0.4 is 10.1 Å². The number of halogens is 4. The molecule has 0 aliphatic heterocycles. The van der Waals surface area contributed by atoms with Crippen LogP contribution in [0.15, 0.2) is 36.4 Å². The highest BCUT2D eigenvalue weighted by molar-refractivity contribution is 6.34. The number of anilines is 1. The zero-order valence-electron chi connectivity index (χ0n) is 12.3. The molecule has 0 atom stereocenters. The number of benzene rings is 2. The second kappa shape index (κ2) is 6.50. The van der Waals surface area contributed by atoms with Gasteiger partial charge in [-0.25, -0.2) is 0 Å². The molecule has 0 aromatic heterocycles. The van der Waals surface area contributed by atoms with E-state index >= 15 is 0 Å². The Balaban J connectivity index is 2.36. The molecule has 1 amide bonds. The van der Waals surface area contributed by atoms with Gasteiger partial charge in [-0.3, -0.25) is 4.79 Å². The minimum atomic E-state index is -4.52. The maximum atomic E-state index is 12.8. The number of alkyl halides is 3. The van der Waals surface area contributed by atoms with Crippen LogP contribution in [0.3, 0.4) is 0 Å². The van der Waals surface area contributed by atoms with Crippen LogP contribution in [0.2, 0.25) is 5.02 Å². The van der Waals surface area contributed by atoms with Crippen LogP contribution in [0.1, 0.15) is 21.5 Å². The lowest BCUT2D eigenvalue weighted by molar-refractivity contribution is -0.137. The van der Waals surface area contributed by atoms with Gasteiger partial charge in [0.1, 0.15) is 5.75 Å². The summed E-state index contributed by atoms with van der Waals surface area (Å²) in [5.41, 5.74) is -0.0697. The van der Waals surface area contributed by atoms with E-state index in [1.807, 2.05) is 0 Å². The summed E-state index contributed by atoms with van der Waals surface area (Å²) in [6, 6.07) is 7.66. The molecule has 2 aromatic rings. The molecule has 0 saturated heterocycles. The molecule has 7 heteroatoms. The average Bonchev–Trinajstić information content (AvgIpc) is 2.48. The van der Waals surface area contributed by atoms with Gasteiger partial charge in [-0.1, -0.05) is 23.7 Å². The van der Waals surface area contributed by atoms with Crippen molar-refractivity contribution in [2.45, 2.75) is 13.1 Å². The van der Waals surface area contributed by atoms with Crippen molar-refractivity contribution in [2.75, 3.05) is 12.4 Å². The zero-order valence-corrected chi connectivity index (χ0v) is 13.0. The molecule has 2 aromatic carbocycles. The standard InChI is InChI=1S/C16H13ClF3NO2/c1-9-4-3-5-11(14(9)23-2)15(22)21-13-8-10(16(18,19)20)6-7-12(13)17/h3-8H,1-2H3,(H,21,22). The summed E-state index contributed by atoms with van der Waals surface area (Å²) in [6.45, 7) is 1.76. The van der Waals surface area contributed by atoms with Crippen molar-refractivity contribution in [3.63, 3.8) is 0 Å². The minimum Gasteiger partial charge on any atom is -0.496 e. The number of hydrogen-bond donors (Lipinski definition) is 1. The van der Waals surface area contributed by atoms with E-state index < -0.39 is 17.6 Å². The molecular weight excluding hydrogens is 331 g/mol. The fourth-order valence-corrected chi connectivity index (χ4v) is 2.25. The highest BCUT2D eigenvalue weighted by Gasteiger charge is 2.31. The summed E-state index contributed by atoms with van der Waals surface area (Å²) in [7, 11) is 1.41. The number of ether oxygens (including phenoxy) is 1. The molecule has 0 aliphatic carbocycles. The van der Waals surface area contributed by atoms with Crippen LogP contribution in [-0.4, -0.2) is 13.0 Å². The molecule has 0 aliphatic rings. The van der Waals surface area contributed by atoms with Crippen molar-refractivity contribution in [1.82, 2.24) is 0 Å². The van der Waals surface area contributed by atoms with E-state index in [9.17, 15) is 18.0 Å². The molecule has 0 saturated carbocycles. The average molecular weight is 344 g/mol. The molecule has 23 heavy (non-hydrogen) atoms. The van der Waals surface area contributed by atoms with Gasteiger partial charge < -0.3 is 10.1 Å². The van der Waals surface area contributed by atoms with Crippen molar-refractivity contribution in [3.8, 4) is 5.75 Å². The largest absolute Gasteiger partial charge is 0.496 e. The predicted molar refractivity (Wildman–Crippen MR) is 82.1 cm³/mol. The molecule has 0 radical (unpaired) electrons. The molecule has 2 rings (SSSR count). The van der Waals surface area contributed by atoms with E-state index in [1.54, 1.807) is 19.1 Å². The summed E-state index contributed by atoms with van der Waals surface area (Å²) < 4.78 is 43.4. The summed E-state index contributed by atoms with van der Waals surface area (Å²) in [4.78, 5) is 12.3. The van der Waals surface area contributed by atoms with Crippen molar-refractivity contribution in [2.24, 2.45) is 0 Å². The van der Waals surface area contributed by atoms with Crippen molar-refractivity contribution >= 4 is 23.2 Å². The lowest BCUT2D eigenvalue weighted by atomic mass is 10.1. The maximum absolute atomic E-state index is 12.8. The first-order chi connectivity index (χ1) is 10.7. The van der Waals surface area contributed by atoms with Crippen LogP contribution >= 0.6 is 11.6 Å². The molecule has 0 unspecified atom stereocenters. The Kier molecular flexibility index (Phi) is 4.85. The first-order valence-electron chi connectivity index (χ1n) is 6.55. The monoisotopic (exact) mass is 343 g/mol. The number of hydrogen-bond acceptors (Lipinski definition) is 2. The van der Waals surface area contributed by atoms with E-state index in [0.29, 0.717) is 5.75 Å². The van der Waals surface area contributed by atoms with Crippen LogP contribution in [0.4, 0.5) is 18.9 Å². The van der Waals surface area contributed by atoms with E-state index in [4.69, 9.17) is 16.3 Å². The third-order valence-electron chi connectivity index (χ3n) is 3.20. The number of carbonyl (C=O) groups is 1. The number of rotatable bonds is 3. The lowest BCUT2D eigenvalue weighted by Crippen LogP contribution is -2.15. The molecule has 0 bridgehead atoms. The number of nitrogens with one attached hydrogen (secondary N) is 1. The van der Waals surface area contributed by atoms with Gasteiger partial charge in [-0.2, -0.15) is 13.2 Å². The zero-order chi connectivity index (χ0) is 17.2. The fourth-order valence-electron chi connectivity index (χ4n) is 2.09. The summed E-state index contributed by atoms with van der Waals surface area (Å²) >= 11 is 5.87. The fraction of sp³-hybridized carbons (Fsp3) is 0.188. The number of carbonyl (C=O) groups excluding carboxylic acids is 1. The second-order valence-electron chi connectivity index (χ2n) is 4.80. The topological polar surface area (TPSA) is 38.3 Å². The third-order valence-corrected chi connectivity index (χ3v) is 3.53. The normalized spacial score (nSPS) is 11.2. The van der Waals surface area contributed by atoms with E-state index in [1.165, 1.54) is 13.2 Å². The van der Waals surface area contributed by atoms with Crippen molar-refractivity contribution < 1.29 is 22.7 Å². The highest BCUT2D eigenvalue weighted by atomic mass is 35.5. The van der Waals surface area contributed by atoms with Crippen molar-refractivity contribution in [3.05, 3.63) is 58.1 Å². The number of amides is 1. The van der Waals surface area contributed by atoms with Crippen LogP contribution in [0, 0.1) is 6.92 Å². The van der Waals surface area contributed by atoms with E-state index in [0.717, 1.165) is 23.8 Å². The Morgan fingerprint density at radius 2 is 1.91 bits per heavy atom. The Bertz CT molecular complexity index is 745. The Hall–Kier alpha value is -2.21. The predicted octanol–water partition coefficient (Wildman–Crippen LogP) is 4.93. The van der Waals surface area contributed by atoms with Gasteiger partial charge in [0.15, 0.2) is 0 Å². The highest BCUT2D eigenvalue weighted by Crippen LogP contribution is 2.34. The van der Waals surface area contributed by atoms with Gasteiger partial charge >= 0.3 is 6.18 Å². The van der Waals surface area contributed by atoms with Gasteiger partial charge in [-0.05, 0) is 36.8 Å². The molecular formula is C16H13ClF3NO2. The van der Waals surface area contributed by atoms with Crippen molar-refractivity contribution in [1.29, 1.82) is 0 Å². The first kappa shape index (κ1) is 17.1. The second-order valence-corrected chi connectivity index (χ2v) is 5.21. The molecule has 0 spiro atoms. The lowest BCUT2D eigenvalue weighted by Gasteiger charge is -2.14. The number of aryl methyl sites for hydroxylation is 1. The molecule has 122 valence electrons. The van der Waals surface area contributed by atoms with Crippen LogP contribution in [0.5, 0.6) is 5.75 Å². The maximum Gasteiger partial charge on any atom is 0.416 e. The third kappa shape index (κ3) is 3.76. The van der Waals surface area contributed by atoms with Gasteiger partial charge in [0, 0.05) is 0 Å². The van der Waals surface area contributed by atoms with Gasteiger partial charge in [0.2, 0.25) is 0 Å². The van der Waals surface area contributed by atoms with E-state index in [-0.39, 0.29) is 16.3 Å². The summed E-state index contributed by atoms with van der Waals surface area (Å²) in [5, 5.41) is 2.40. The van der Waals surface area contributed by atoms with Gasteiger partial charge in [0.05, 0.1) is 28.9 Å². The minimum absolute atomic E-state index is 0.0120. The number of para-hydroxylation sites is 1. The first-order valence-corrected chi connectivity index (χ1v) is 6.93.